The highest BCUT2D eigenvalue weighted by molar-refractivity contribution is 7.99. The maximum Gasteiger partial charge on any atom is 0.196 e. The Kier molecular flexibility index (Phi) is 6.14. The Morgan fingerprint density at radius 3 is 2.42 bits per heavy atom. The van der Waals surface area contributed by atoms with Crippen LogP contribution in [-0.2, 0) is 11.3 Å². The minimum atomic E-state index is -0.332. The number of benzene rings is 1. The van der Waals surface area contributed by atoms with Crippen molar-refractivity contribution in [3.8, 4) is 5.69 Å². The van der Waals surface area contributed by atoms with Crippen molar-refractivity contribution in [2.45, 2.75) is 51.7 Å². The molecule has 0 saturated carbocycles. The molecular formula is C20H28N4OS. The van der Waals surface area contributed by atoms with Gasteiger partial charge in [0.1, 0.15) is 5.78 Å². The number of ketones is 1. The molecule has 1 aliphatic heterocycles. The van der Waals surface area contributed by atoms with Crippen LogP contribution in [0.3, 0.4) is 0 Å². The standard InChI is InChI=1S/C20H28N4OS/c1-20(2,3)17(25)15-26-19-22-21-18(14-23-12-8-5-9-13-23)24(19)16-10-6-4-7-11-16/h4,6-7,10-11H,5,8-9,12-15H2,1-3H3. The Labute approximate surface area is 160 Å². The maximum atomic E-state index is 12.3. The number of carbonyl (C=O) groups excluding carboxylic acids is 1. The topological polar surface area (TPSA) is 51.0 Å². The molecule has 1 aromatic heterocycles. The molecule has 0 aliphatic carbocycles. The van der Waals surface area contributed by atoms with E-state index in [4.69, 9.17) is 0 Å². The number of Topliss-reactive ketones (excluding diaryl/α,β-unsaturated/α-hetero) is 1. The summed E-state index contributed by atoms with van der Waals surface area (Å²) in [6, 6.07) is 10.2. The van der Waals surface area contributed by atoms with Gasteiger partial charge in [0.25, 0.3) is 0 Å². The maximum absolute atomic E-state index is 12.3. The van der Waals surface area contributed by atoms with Gasteiger partial charge in [-0.15, -0.1) is 10.2 Å². The lowest BCUT2D eigenvalue weighted by Crippen LogP contribution is -2.30. The molecular weight excluding hydrogens is 344 g/mol. The first-order valence-corrected chi connectivity index (χ1v) is 10.3. The second kappa shape index (κ2) is 8.35. The lowest BCUT2D eigenvalue weighted by molar-refractivity contribution is -0.123. The first-order valence-electron chi connectivity index (χ1n) is 9.33. The summed E-state index contributed by atoms with van der Waals surface area (Å²) in [6.07, 6.45) is 3.82. The summed E-state index contributed by atoms with van der Waals surface area (Å²) in [5.41, 5.74) is 0.719. The van der Waals surface area contributed by atoms with E-state index in [0.717, 1.165) is 36.3 Å². The van der Waals surface area contributed by atoms with Gasteiger partial charge in [0.15, 0.2) is 11.0 Å². The van der Waals surface area contributed by atoms with E-state index in [1.54, 1.807) is 0 Å². The summed E-state index contributed by atoms with van der Waals surface area (Å²) in [7, 11) is 0. The van der Waals surface area contributed by atoms with Crippen LogP contribution in [0.25, 0.3) is 5.69 Å². The molecule has 1 aromatic carbocycles. The van der Waals surface area contributed by atoms with Crippen molar-refractivity contribution in [1.29, 1.82) is 0 Å². The third-order valence-corrected chi connectivity index (χ3v) is 5.63. The number of hydrogen-bond donors (Lipinski definition) is 0. The van der Waals surface area contributed by atoms with Gasteiger partial charge in [-0.2, -0.15) is 0 Å². The Bertz CT molecular complexity index is 730. The molecule has 1 aliphatic rings. The van der Waals surface area contributed by atoms with Crippen molar-refractivity contribution in [3.63, 3.8) is 0 Å². The first-order chi connectivity index (χ1) is 12.4. The van der Waals surface area contributed by atoms with E-state index in [9.17, 15) is 4.79 Å². The van der Waals surface area contributed by atoms with E-state index >= 15 is 0 Å². The number of aromatic nitrogens is 3. The summed E-state index contributed by atoms with van der Waals surface area (Å²) < 4.78 is 2.11. The number of rotatable bonds is 6. The fourth-order valence-electron chi connectivity index (χ4n) is 3.00. The lowest BCUT2D eigenvalue weighted by atomic mass is 9.92. The van der Waals surface area contributed by atoms with Crippen LogP contribution in [0.4, 0.5) is 0 Å². The summed E-state index contributed by atoms with van der Waals surface area (Å²) in [4.78, 5) is 14.8. The first kappa shape index (κ1) is 19.1. The third-order valence-electron chi connectivity index (χ3n) is 4.70. The van der Waals surface area contributed by atoms with Crippen molar-refractivity contribution < 1.29 is 4.79 Å². The highest BCUT2D eigenvalue weighted by atomic mass is 32.2. The highest BCUT2D eigenvalue weighted by Gasteiger charge is 2.23. The van der Waals surface area contributed by atoms with Gasteiger partial charge in [-0.3, -0.25) is 14.3 Å². The molecule has 26 heavy (non-hydrogen) atoms. The van der Waals surface area contributed by atoms with Crippen molar-refractivity contribution in [3.05, 3.63) is 36.2 Å². The summed E-state index contributed by atoms with van der Waals surface area (Å²) in [5, 5.41) is 9.67. The van der Waals surface area contributed by atoms with Gasteiger partial charge in [0.2, 0.25) is 0 Å². The molecule has 0 unspecified atom stereocenters. The van der Waals surface area contributed by atoms with Gasteiger partial charge >= 0.3 is 0 Å². The molecule has 6 heteroatoms. The Morgan fingerprint density at radius 2 is 1.77 bits per heavy atom. The van der Waals surface area contributed by atoms with Gasteiger partial charge < -0.3 is 0 Å². The number of likely N-dealkylation sites (tertiary alicyclic amines) is 1. The molecule has 2 heterocycles. The van der Waals surface area contributed by atoms with Crippen LogP contribution < -0.4 is 0 Å². The van der Waals surface area contributed by atoms with Crippen LogP contribution in [0, 0.1) is 5.41 Å². The zero-order valence-corrected chi connectivity index (χ0v) is 16.8. The lowest BCUT2D eigenvalue weighted by Gasteiger charge is -2.26. The van der Waals surface area contributed by atoms with E-state index in [1.807, 2.05) is 39.0 Å². The Hall–Kier alpha value is -1.66. The zero-order valence-electron chi connectivity index (χ0n) is 15.9. The van der Waals surface area contributed by atoms with Crippen LogP contribution in [0.2, 0.25) is 0 Å². The number of carbonyl (C=O) groups is 1. The third kappa shape index (κ3) is 4.74. The summed E-state index contributed by atoms with van der Waals surface area (Å²) >= 11 is 1.48. The quantitative estimate of drug-likeness (QED) is 0.719. The van der Waals surface area contributed by atoms with Gasteiger partial charge in [-0.05, 0) is 38.1 Å². The SMILES string of the molecule is CC(C)(C)C(=O)CSc1nnc(CN2CCCCC2)n1-c1ccccc1. The second-order valence-electron chi connectivity index (χ2n) is 7.87. The van der Waals surface area contributed by atoms with Crippen LogP contribution >= 0.6 is 11.8 Å². The van der Waals surface area contributed by atoms with E-state index in [0.29, 0.717) is 5.75 Å². The molecule has 1 saturated heterocycles. The van der Waals surface area contributed by atoms with Crippen molar-refractivity contribution in [2.24, 2.45) is 5.41 Å². The van der Waals surface area contributed by atoms with E-state index < -0.39 is 0 Å². The van der Waals surface area contributed by atoms with E-state index in [-0.39, 0.29) is 11.2 Å². The molecule has 0 spiro atoms. The molecule has 0 radical (unpaired) electrons. The summed E-state index contributed by atoms with van der Waals surface area (Å²) in [5.74, 6) is 1.59. The summed E-state index contributed by atoms with van der Waals surface area (Å²) in [6.45, 7) is 8.91. The van der Waals surface area contributed by atoms with Crippen LogP contribution in [-0.4, -0.2) is 44.3 Å². The molecule has 0 N–H and O–H groups in total. The van der Waals surface area contributed by atoms with Gasteiger partial charge in [-0.25, -0.2) is 0 Å². The number of thioether (sulfide) groups is 1. The molecule has 0 bridgehead atoms. The average molecular weight is 373 g/mol. The number of hydrogen-bond acceptors (Lipinski definition) is 5. The minimum Gasteiger partial charge on any atom is -0.298 e. The predicted octanol–water partition coefficient (Wildman–Crippen LogP) is 3.96. The molecule has 5 nitrogen and oxygen atoms in total. The highest BCUT2D eigenvalue weighted by Crippen LogP contribution is 2.26. The monoisotopic (exact) mass is 372 g/mol. The van der Waals surface area contributed by atoms with Crippen molar-refractivity contribution in [2.75, 3.05) is 18.8 Å². The second-order valence-corrected chi connectivity index (χ2v) is 8.81. The van der Waals surface area contributed by atoms with E-state index in [1.165, 1.54) is 31.0 Å². The minimum absolute atomic E-state index is 0.225. The number of nitrogens with zero attached hydrogens (tertiary/aromatic N) is 4. The van der Waals surface area contributed by atoms with Gasteiger partial charge in [0, 0.05) is 11.1 Å². The van der Waals surface area contributed by atoms with Crippen molar-refractivity contribution in [1.82, 2.24) is 19.7 Å². The fraction of sp³-hybridized carbons (Fsp3) is 0.550. The number of para-hydroxylation sites is 1. The molecule has 140 valence electrons. The molecule has 2 aromatic rings. The van der Waals surface area contributed by atoms with Gasteiger partial charge in [-0.1, -0.05) is 57.2 Å². The van der Waals surface area contributed by atoms with Crippen LogP contribution in [0.5, 0.6) is 0 Å². The van der Waals surface area contributed by atoms with Crippen LogP contribution in [0.15, 0.2) is 35.5 Å². The molecule has 0 atom stereocenters. The fourth-order valence-corrected chi connectivity index (χ4v) is 4.13. The van der Waals surface area contributed by atoms with Gasteiger partial charge in [0.05, 0.1) is 12.3 Å². The van der Waals surface area contributed by atoms with Crippen molar-refractivity contribution >= 4 is 17.5 Å². The van der Waals surface area contributed by atoms with E-state index in [2.05, 4.69) is 31.8 Å². The predicted molar refractivity (Wildman–Crippen MR) is 106 cm³/mol. The molecule has 1 fully saturated rings. The zero-order chi connectivity index (χ0) is 18.6. The van der Waals surface area contributed by atoms with Crippen LogP contribution in [0.1, 0.15) is 45.9 Å². The largest absolute Gasteiger partial charge is 0.298 e. The normalized spacial score (nSPS) is 16.0. The Balaban J connectivity index is 1.83. The Morgan fingerprint density at radius 1 is 1.08 bits per heavy atom. The average Bonchev–Trinajstić information content (AvgIpc) is 3.03. The number of piperidine rings is 1. The smallest absolute Gasteiger partial charge is 0.196 e. The molecule has 0 amide bonds. The molecule has 3 rings (SSSR count).